The average Bonchev–Trinajstić information content (AvgIpc) is 3.10. The molecule has 1 atom stereocenters. The van der Waals surface area contributed by atoms with Crippen LogP contribution in [0.15, 0.2) is 36.5 Å². The van der Waals surface area contributed by atoms with Crippen LogP contribution in [0.1, 0.15) is 11.1 Å². The number of amides is 2. The Balaban J connectivity index is 1.51. The van der Waals surface area contributed by atoms with Gasteiger partial charge in [-0.3, -0.25) is 14.4 Å². The predicted octanol–water partition coefficient (Wildman–Crippen LogP) is 1.41. The Kier molecular flexibility index (Phi) is 4.50. The van der Waals surface area contributed by atoms with E-state index >= 15 is 0 Å². The largest absolute Gasteiger partial charge is 0.442 e. The highest BCUT2D eigenvalue weighted by Gasteiger charge is 2.33. The Morgan fingerprint density at radius 2 is 2.25 bits per heavy atom. The number of benzene rings is 1. The minimum absolute atomic E-state index is 0.0874. The van der Waals surface area contributed by atoms with Crippen molar-refractivity contribution in [2.75, 3.05) is 18.0 Å². The van der Waals surface area contributed by atoms with E-state index < -0.39 is 6.09 Å². The van der Waals surface area contributed by atoms with Crippen LogP contribution in [0.3, 0.4) is 0 Å². The van der Waals surface area contributed by atoms with Gasteiger partial charge in [-0.2, -0.15) is 5.10 Å². The third kappa shape index (κ3) is 3.56. The molecule has 126 valence electrons. The Hall–Kier alpha value is -2.83. The fourth-order valence-electron chi connectivity index (χ4n) is 2.74. The molecule has 24 heavy (non-hydrogen) atoms. The molecule has 1 aromatic carbocycles. The van der Waals surface area contributed by atoms with Crippen molar-refractivity contribution >= 4 is 17.8 Å². The Morgan fingerprint density at radius 3 is 2.96 bits per heavy atom. The fourth-order valence-corrected chi connectivity index (χ4v) is 2.74. The van der Waals surface area contributed by atoms with E-state index in [1.165, 1.54) is 4.90 Å². The number of carbonyl (C=O) groups is 2. The van der Waals surface area contributed by atoms with Crippen molar-refractivity contribution in [2.24, 2.45) is 7.05 Å². The summed E-state index contributed by atoms with van der Waals surface area (Å²) in [4.78, 5) is 25.5. The third-order valence-electron chi connectivity index (χ3n) is 3.92. The average molecular weight is 328 g/mol. The molecule has 7 heteroatoms. The van der Waals surface area contributed by atoms with E-state index in [-0.39, 0.29) is 12.0 Å². The molecule has 7 nitrogen and oxygen atoms in total. The van der Waals surface area contributed by atoms with Crippen LogP contribution in [0, 0.1) is 6.92 Å². The maximum absolute atomic E-state index is 12.0. The summed E-state index contributed by atoms with van der Waals surface area (Å²) in [6.07, 6.45) is 1.15. The number of nitrogens with one attached hydrogen (secondary N) is 1. The zero-order valence-electron chi connectivity index (χ0n) is 13.7. The normalized spacial score (nSPS) is 17.0. The van der Waals surface area contributed by atoms with E-state index in [2.05, 4.69) is 10.4 Å². The number of hydrogen-bond donors (Lipinski definition) is 1. The van der Waals surface area contributed by atoms with Gasteiger partial charge in [0.1, 0.15) is 11.9 Å². The number of hydrogen-bond acceptors (Lipinski definition) is 4. The highest BCUT2D eigenvalue weighted by molar-refractivity contribution is 5.88. The van der Waals surface area contributed by atoms with Crippen molar-refractivity contribution in [1.29, 1.82) is 0 Å². The highest BCUT2D eigenvalue weighted by Crippen LogP contribution is 2.20. The summed E-state index contributed by atoms with van der Waals surface area (Å²) in [5.74, 6) is 0.587. The lowest BCUT2D eigenvalue weighted by molar-refractivity contribution is -0.120. The highest BCUT2D eigenvalue weighted by atomic mass is 16.6. The van der Waals surface area contributed by atoms with Crippen molar-refractivity contribution in [1.82, 2.24) is 15.1 Å². The van der Waals surface area contributed by atoms with Gasteiger partial charge in [-0.1, -0.05) is 29.8 Å². The van der Waals surface area contributed by atoms with Crippen LogP contribution in [0.25, 0.3) is 0 Å². The molecule has 1 unspecified atom stereocenters. The maximum Gasteiger partial charge on any atom is 0.416 e. The second-order valence-electron chi connectivity index (χ2n) is 5.90. The standard InChI is InChI=1S/C17H20N4O3/c1-12-4-3-5-13(8-12)9-15(22)18-10-14-11-21(17(23)24-14)16-6-7-19-20(16)2/h3-8,14H,9-11H2,1-2H3,(H,18,22). The van der Waals surface area contributed by atoms with E-state index in [9.17, 15) is 9.59 Å². The number of ether oxygens (including phenoxy) is 1. The van der Waals surface area contributed by atoms with E-state index in [0.717, 1.165) is 11.1 Å². The van der Waals surface area contributed by atoms with Crippen LogP contribution >= 0.6 is 0 Å². The van der Waals surface area contributed by atoms with Gasteiger partial charge < -0.3 is 10.1 Å². The van der Waals surface area contributed by atoms with Gasteiger partial charge in [0, 0.05) is 13.1 Å². The first kappa shape index (κ1) is 16.0. The first-order chi connectivity index (χ1) is 11.5. The summed E-state index contributed by atoms with van der Waals surface area (Å²) < 4.78 is 6.91. The van der Waals surface area contributed by atoms with Crippen molar-refractivity contribution in [3.8, 4) is 0 Å². The molecule has 3 rings (SSSR count). The first-order valence-electron chi connectivity index (χ1n) is 7.81. The van der Waals surface area contributed by atoms with Crippen LogP contribution in [0.5, 0.6) is 0 Å². The molecule has 0 bridgehead atoms. The summed E-state index contributed by atoms with van der Waals surface area (Å²) in [6.45, 7) is 2.68. The predicted molar refractivity (Wildman–Crippen MR) is 88.7 cm³/mol. The van der Waals surface area contributed by atoms with E-state index in [4.69, 9.17) is 4.74 Å². The van der Waals surface area contributed by atoms with Crippen LogP contribution in [-0.2, 0) is 23.0 Å². The molecule has 2 aromatic rings. The van der Waals surface area contributed by atoms with E-state index in [0.29, 0.717) is 25.3 Å². The molecule has 0 aliphatic carbocycles. The second-order valence-corrected chi connectivity index (χ2v) is 5.90. The van der Waals surface area contributed by atoms with Gasteiger partial charge in [0.2, 0.25) is 5.91 Å². The van der Waals surface area contributed by atoms with Crippen LogP contribution in [0.2, 0.25) is 0 Å². The van der Waals surface area contributed by atoms with E-state index in [1.807, 2.05) is 31.2 Å². The Bertz CT molecular complexity index is 756. The van der Waals surface area contributed by atoms with Crippen molar-refractivity contribution in [3.63, 3.8) is 0 Å². The van der Waals surface area contributed by atoms with Crippen molar-refractivity contribution in [2.45, 2.75) is 19.4 Å². The Labute approximate surface area is 140 Å². The van der Waals surface area contributed by atoms with Crippen molar-refractivity contribution in [3.05, 3.63) is 47.7 Å². The number of aryl methyl sites for hydroxylation is 2. The van der Waals surface area contributed by atoms with Crippen molar-refractivity contribution < 1.29 is 14.3 Å². The minimum atomic E-state index is -0.420. The number of nitrogens with zero attached hydrogens (tertiary/aromatic N) is 3. The van der Waals surface area contributed by atoms with E-state index in [1.54, 1.807) is 24.0 Å². The van der Waals surface area contributed by atoms with Gasteiger partial charge in [0.25, 0.3) is 0 Å². The number of cyclic esters (lactones) is 1. The number of carbonyl (C=O) groups excluding carboxylic acids is 2. The molecule has 1 aliphatic rings. The smallest absolute Gasteiger partial charge is 0.416 e. The molecular weight excluding hydrogens is 308 g/mol. The lowest BCUT2D eigenvalue weighted by Gasteiger charge is -2.12. The summed E-state index contributed by atoms with van der Waals surface area (Å²) >= 11 is 0. The van der Waals surface area contributed by atoms with Crippen LogP contribution in [0.4, 0.5) is 10.6 Å². The van der Waals surface area contributed by atoms with Gasteiger partial charge in [-0.25, -0.2) is 4.79 Å². The zero-order chi connectivity index (χ0) is 17.1. The number of anilines is 1. The van der Waals surface area contributed by atoms with Gasteiger partial charge in [0.15, 0.2) is 0 Å². The molecule has 2 amide bonds. The first-order valence-corrected chi connectivity index (χ1v) is 7.81. The topological polar surface area (TPSA) is 76.5 Å². The summed E-state index contributed by atoms with van der Waals surface area (Å²) in [7, 11) is 1.76. The number of aromatic nitrogens is 2. The lowest BCUT2D eigenvalue weighted by atomic mass is 10.1. The molecule has 1 fully saturated rings. The molecule has 1 aliphatic heterocycles. The second kappa shape index (κ2) is 6.74. The molecule has 0 radical (unpaired) electrons. The summed E-state index contributed by atoms with van der Waals surface area (Å²) in [5, 5.41) is 6.87. The molecule has 0 spiro atoms. The summed E-state index contributed by atoms with van der Waals surface area (Å²) in [6, 6.07) is 9.58. The lowest BCUT2D eigenvalue weighted by Crippen LogP contribution is -2.35. The molecule has 1 saturated heterocycles. The maximum atomic E-state index is 12.0. The zero-order valence-corrected chi connectivity index (χ0v) is 13.7. The van der Waals surface area contributed by atoms with Gasteiger partial charge >= 0.3 is 6.09 Å². The third-order valence-corrected chi connectivity index (χ3v) is 3.92. The van der Waals surface area contributed by atoms with Crippen LogP contribution in [-0.4, -0.2) is 41.0 Å². The van der Waals surface area contributed by atoms with Gasteiger partial charge in [-0.05, 0) is 12.5 Å². The monoisotopic (exact) mass is 328 g/mol. The fraction of sp³-hybridized carbons (Fsp3) is 0.353. The molecular formula is C17H20N4O3. The molecule has 1 N–H and O–H groups in total. The molecule has 0 saturated carbocycles. The SMILES string of the molecule is Cc1cccc(CC(=O)NCC2CN(c3ccnn3C)C(=O)O2)c1. The molecule has 1 aromatic heterocycles. The number of rotatable bonds is 5. The van der Waals surface area contributed by atoms with Gasteiger partial charge in [0.05, 0.1) is 25.7 Å². The Morgan fingerprint density at radius 1 is 1.42 bits per heavy atom. The minimum Gasteiger partial charge on any atom is -0.442 e. The summed E-state index contributed by atoms with van der Waals surface area (Å²) in [5.41, 5.74) is 2.09. The van der Waals surface area contributed by atoms with Crippen LogP contribution < -0.4 is 10.2 Å². The quantitative estimate of drug-likeness (QED) is 0.900. The van der Waals surface area contributed by atoms with Gasteiger partial charge in [-0.15, -0.1) is 0 Å². The molecule has 2 heterocycles.